The molecule has 0 radical (unpaired) electrons. The van der Waals surface area contributed by atoms with Crippen molar-refractivity contribution in [1.29, 1.82) is 0 Å². The summed E-state index contributed by atoms with van der Waals surface area (Å²) in [5, 5.41) is 3.56. The Bertz CT molecular complexity index is 741. The van der Waals surface area contributed by atoms with Crippen molar-refractivity contribution in [3.8, 4) is 17.2 Å². The third kappa shape index (κ3) is 6.05. The van der Waals surface area contributed by atoms with Gasteiger partial charge in [0.15, 0.2) is 11.5 Å². The van der Waals surface area contributed by atoms with Gasteiger partial charge in [0.1, 0.15) is 0 Å². The van der Waals surface area contributed by atoms with Crippen LogP contribution in [-0.4, -0.2) is 44.9 Å². The van der Waals surface area contributed by atoms with Crippen LogP contribution < -0.4 is 19.5 Å². The fourth-order valence-electron chi connectivity index (χ4n) is 3.64. The molecular formula is C22H28F2N2O3. The maximum absolute atomic E-state index is 12.7. The Balaban J connectivity index is 1.54. The molecule has 2 aromatic rings. The molecule has 1 N–H and O–H groups in total. The summed E-state index contributed by atoms with van der Waals surface area (Å²) in [6.45, 7) is 0.724. The quantitative estimate of drug-likeness (QED) is 0.680. The average molecular weight is 406 g/mol. The molecule has 2 aromatic carbocycles. The fourth-order valence-corrected chi connectivity index (χ4v) is 3.64. The third-order valence-electron chi connectivity index (χ3n) is 5.16. The highest BCUT2D eigenvalue weighted by Crippen LogP contribution is 2.39. The maximum atomic E-state index is 12.7. The topological polar surface area (TPSA) is 43.0 Å². The number of hydrogen-bond acceptors (Lipinski definition) is 5. The van der Waals surface area contributed by atoms with Gasteiger partial charge >= 0.3 is 6.61 Å². The number of piperidine rings is 1. The van der Waals surface area contributed by atoms with E-state index in [1.807, 2.05) is 6.07 Å². The molecule has 5 nitrogen and oxygen atoms in total. The number of rotatable bonds is 9. The van der Waals surface area contributed by atoms with Crippen LogP contribution in [0.25, 0.3) is 0 Å². The van der Waals surface area contributed by atoms with Crippen LogP contribution in [0.4, 0.5) is 8.78 Å². The highest BCUT2D eigenvalue weighted by atomic mass is 19.3. The first-order valence-electron chi connectivity index (χ1n) is 9.78. The number of ether oxygens (including phenoxy) is 3. The van der Waals surface area contributed by atoms with Crippen LogP contribution in [0.15, 0.2) is 42.5 Å². The zero-order valence-corrected chi connectivity index (χ0v) is 16.9. The van der Waals surface area contributed by atoms with Crippen LogP contribution in [0.5, 0.6) is 17.2 Å². The Morgan fingerprint density at radius 3 is 2.17 bits per heavy atom. The van der Waals surface area contributed by atoms with Gasteiger partial charge in [-0.3, -0.25) is 4.90 Å². The van der Waals surface area contributed by atoms with Gasteiger partial charge in [0.2, 0.25) is 5.75 Å². The molecule has 1 aliphatic heterocycles. The van der Waals surface area contributed by atoms with E-state index in [4.69, 9.17) is 9.47 Å². The van der Waals surface area contributed by atoms with E-state index in [2.05, 4.69) is 39.2 Å². The minimum atomic E-state index is -2.94. The lowest BCUT2D eigenvalue weighted by atomic mass is 10.0. The lowest BCUT2D eigenvalue weighted by Crippen LogP contribution is -2.41. The predicted molar refractivity (Wildman–Crippen MR) is 108 cm³/mol. The second-order valence-corrected chi connectivity index (χ2v) is 7.12. The van der Waals surface area contributed by atoms with E-state index in [9.17, 15) is 8.78 Å². The monoisotopic (exact) mass is 406 g/mol. The predicted octanol–water partition coefficient (Wildman–Crippen LogP) is 4.06. The summed E-state index contributed by atoms with van der Waals surface area (Å²) in [6.07, 6.45) is 2.13. The molecule has 0 unspecified atom stereocenters. The zero-order chi connectivity index (χ0) is 20.6. The maximum Gasteiger partial charge on any atom is 0.387 e. The smallest absolute Gasteiger partial charge is 0.387 e. The molecule has 0 amide bonds. The van der Waals surface area contributed by atoms with Crippen molar-refractivity contribution in [3.63, 3.8) is 0 Å². The summed E-state index contributed by atoms with van der Waals surface area (Å²) >= 11 is 0. The van der Waals surface area contributed by atoms with Gasteiger partial charge < -0.3 is 19.5 Å². The van der Waals surface area contributed by atoms with E-state index in [-0.39, 0.29) is 17.2 Å². The van der Waals surface area contributed by atoms with E-state index >= 15 is 0 Å². The molecule has 0 aliphatic carbocycles. The molecular weight excluding hydrogens is 378 g/mol. The van der Waals surface area contributed by atoms with Crippen molar-refractivity contribution in [3.05, 3.63) is 53.6 Å². The largest absolute Gasteiger partial charge is 0.493 e. The van der Waals surface area contributed by atoms with E-state index in [1.165, 1.54) is 19.8 Å². The number of nitrogens with one attached hydrogen (secondary N) is 1. The van der Waals surface area contributed by atoms with Gasteiger partial charge in [0, 0.05) is 19.1 Å². The van der Waals surface area contributed by atoms with Crippen LogP contribution in [0.1, 0.15) is 24.0 Å². The van der Waals surface area contributed by atoms with E-state index < -0.39 is 6.61 Å². The van der Waals surface area contributed by atoms with E-state index in [0.29, 0.717) is 12.6 Å². The van der Waals surface area contributed by atoms with Gasteiger partial charge in [-0.25, -0.2) is 0 Å². The molecule has 1 fully saturated rings. The Hall–Kier alpha value is -2.38. The summed E-state index contributed by atoms with van der Waals surface area (Å²) < 4.78 is 40.3. The Labute approximate surface area is 170 Å². The van der Waals surface area contributed by atoms with Crippen LogP contribution >= 0.6 is 0 Å². The standard InChI is InChI=1S/C22H28F2N2O3/c1-27-19-12-17(13-20(28-2)21(19)29-22(23)24)14-25-18-8-10-26(11-9-18)15-16-6-4-3-5-7-16/h3-7,12-13,18,22,25H,8-11,14-15H2,1-2H3. The van der Waals surface area contributed by atoms with E-state index in [0.717, 1.165) is 38.0 Å². The number of benzene rings is 2. The van der Waals surface area contributed by atoms with Crippen molar-refractivity contribution >= 4 is 0 Å². The molecule has 158 valence electrons. The third-order valence-corrected chi connectivity index (χ3v) is 5.16. The molecule has 3 rings (SSSR count). The second-order valence-electron chi connectivity index (χ2n) is 7.12. The SMILES string of the molecule is COc1cc(CNC2CCN(Cc3ccccc3)CC2)cc(OC)c1OC(F)F. The van der Waals surface area contributed by atoms with Crippen LogP contribution in [0, 0.1) is 0 Å². The highest BCUT2D eigenvalue weighted by molar-refractivity contribution is 5.53. The first-order chi connectivity index (χ1) is 14.1. The summed E-state index contributed by atoms with van der Waals surface area (Å²) in [5.41, 5.74) is 2.23. The van der Waals surface area contributed by atoms with Gasteiger partial charge in [-0.1, -0.05) is 30.3 Å². The van der Waals surface area contributed by atoms with Crippen molar-refractivity contribution in [2.75, 3.05) is 27.3 Å². The van der Waals surface area contributed by atoms with Gasteiger partial charge in [-0.05, 0) is 49.2 Å². The number of nitrogens with zero attached hydrogens (tertiary/aromatic N) is 1. The van der Waals surface area contributed by atoms with Crippen molar-refractivity contribution in [1.82, 2.24) is 10.2 Å². The molecule has 0 atom stereocenters. The average Bonchev–Trinajstić information content (AvgIpc) is 2.74. The fraction of sp³-hybridized carbons (Fsp3) is 0.455. The zero-order valence-electron chi connectivity index (χ0n) is 16.9. The second kappa shape index (κ2) is 10.4. The molecule has 7 heteroatoms. The highest BCUT2D eigenvalue weighted by Gasteiger charge is 2.21. The minimum Gasteiger partial charge on any atom is -0.493 e. The van der Waals surface area contributed by atoms with Gasteiger partial charge in [0.05, 0.1) is 14.2 Å². The molecule has 0 spiro atoms. The molecule has 29 heavy (non-hydrogen) atoms. The van der Waals surface area contributed by atoms with Crippen LogP contribution in [0.2, 0.25) is 0 Å². The van der Waals surface area contributed by atoms with Gasteiger partial charge in [0.25, 0.3) is 0 Å². The molecule has 0 saturated carbocycles. The lowest BCUT2D eigenvalue weighted by molar-refractivity contribution is -0.0526. The first-order valence-corrected chi connectivity index (χ1v) is 9.78. The number of methoxy groups -OCH3 is 2. The number of hydrogen-bond donors (Lipinski definition) is 1. The number of alkyl halides is 2. The normalized spacial score (nSPS) is 15.5. The van der Waals surface area contributed by atoms with Gasteiger partial charge in [-0.15, -0.1) is 0 Å². The summed E-state index contributed by atoms with van der Waals surface area (Å²) in [6, 6.07) is 14.3. The van der Waals surface area contributed by atoms with Crippen LogP contribution in [0.3, 0.4) is 0 Å². The lowest BCUT2D eigenvalue weighted by Gasteiger charge is -2.32. The van der Waals surface area contributed by atoms with Gasteiger partial charge in [-0.2, -0.15) is 8.78 Å². The Morgan fingerprint density at radius 1 is 1.00 bits per heavy atom. The molecule has 0 aromatic heterocycles. The Morgan fingerprint density at radius 2 is 1.62 bits per heavy atom. The van der Waals surface area contributed by atoms with Crippen molar-refractivity contribution in [2.45, 2.75) is 38.6 Å². The van der Waals surface area contributed by atoms with E-state index in [1.54, 1.807) is 12.1 Å². The number of halogens is 2. The minimum absolute atomic E-state index is 0.0806. The summed E-state index contributed by atoms with van der Waals surface area (Å²) in [4.78, 5) is 2.47. The number of likely N-dealkylation sites (tertiary alicyclic amines) is 1. The summed E-state index contributed by atoms with van der Waals surface area (Å²) in [5.74, 6) is 0.390. The molecule has 1 heterocycles. The molecule has 1 saturated heterocycles. The Kier molecular flexibility index (Phi) is 7.66. The summed E-state index contributed by atoms with van der Waals surface area (Å²) in [7, 11) is 2.85. The molecule has 0 bridgehead atoms. The van der Waals surface area contributed by atoms with Crippen molar-refractivity contribution < 1.29 is 23.0 Å². The first kappa shape index (κ1) is 21.3. The molecule has 1 aliphatic rings. The van der Waals surface area contributed by atoms with Crippen LogP contribution in [-0.2, 0) is 13.1 Å². The van der Waals surface area contributed by atoms with Crippen molar-refractivity contribution in [2.24, 2.45) is 0 Å².